The highest BCUT2D eigenvalue weighted by molar-refractivity contribution is 9.10. The molecule has 0 saturated carbocycles. The van der Waals surface area contributed by atoms with Crippen LogP contribution < -0.4 is 0 Å². The predicted molar refractivity (Wildman–Crippen MR) is 55.2 cm³/mol. The van der Waals surface area contributed by atoms with Crippen molar-refractivity contribution in [3.05, 3.63) is 33.3 Å². The third kappa shape index (κ3) is 2.55. The van der Waals surface area contributed by atoms with Crippen molar-refractivity contribution in [2.75, 3.05) is 7.11 Å². The van der Waals surface area contributed by atoms with Gasteiger partial charge in [0.05, 0.1) is 18.2 Å². The van der Waals surface area contributed by atoms with Gasteiger partial charge in [-0.3, -0.25) is 0 Å². The van der Waals surface area contributed by atoms with Gasteiger partial charge in [0.1, 0.15) is 0 Å². The van der Waals surface area contributed by atoms with Crippen LogP contribution in [0.4, 0.5) is 13.2 Å². The van der Waals surface area contributed by atoms with Gasteiger partial charge in [-0.05, 0) is 40.5 Å². The molecule has 0 aromatic heterocycles. The topological polar surface area (TPSA) is 26.3 Å². The van der Waals surface area contributed by atoms with Gasteiger partial charge in [0.2, 0.25) is 0 Å². The zero-order valence-corrected chi connectivity index (χ0v) is 10.1. The van der Waals surface area contributed by atoms with Crippen LogP contribution in [0.2, 0.25) is 0 Å². The summed E-state index contributed by atoms with van der Waals surface area (Å²) in [7, 11) is 1.17. The maximum atomic E-state index is 12.5. The molecule has 2 nitrogen and oxygen atoms in total. The van der Waals surface area contributed by atoms with E-state index in [9.17, 15) is 18.0 Å². The first-order valence-electron chi connectivity index (χ1n) is 4.23. The fourth-order valence-electron chi connectivity index (χ4n) is 1.25. The van der Waals surface area contributed by atoms with E-state index < -0.39 is 17.7 Å². The molecular weight excluding hydrogens is 289 g/mol. The highest BCUT2D eigenvalue weighted by Crippen LogP contribution is 2.35. The van der Waals surface area contributed by atoms with Crippen LogP contribution in [0.5, 0.6) is 0 Å². The molecule has 0 amide bonds. The minimum Gasteiger partial charge on any atom is -0.465 e. The Hall–Kier alpha value is -1.04. The van der Waals surface area contributed by atoms with E-state index >= 15 is 0 Å². The van der Waals surface area contributed by atoms with E-state index in [4.69, 9.17) is 0 Å². The quantitative estimate of drug-likeness (QED) is 0.741. The lowest BCUT2D eigenvalue weighted by Crippen LogP contribution is -2.10. The molecular formula is C10H8BrF3O2. The number of halogens is 4. The molecule has 1 rings (SSSR count). The molecule has 0 aliphatic heterocycles. The number of alkyl halides is 3. The summed E-state index contributed by atoms with van der Waals surface area (Å²) >= 11 is 2.91. The second-order valence-electron chi connectivity index (χ2n) is 3.14. The largest absolute Gasteiger partial charge is 0.465 e. The number of aryl methyl sites for hydroxylation is 1. The zero-order valence-electron chi connectivity index (χ0n) is 8.48. The van der Waals surface area contributed by atoms with Crippen molar-refractivity contribution in [1.82, 2.24) is 0 Å². The summed E-state index contributed by atoms with van der Waals surface area (Å²) in [4.78, 5) is 11.2. The molecule has 6 heteroatoms. The summed E-state index contributed by atoms with van der Waals surface area (Å²) < 4.78 is 42.0. The maximum absolute atomic E-state index is 12.5. The van der Waals surface area contributed by atoms with Crippen LogP contribution in [0.25, 0.3) is 0 Å². The first-order valence-corrected chi connectivity index (χ1v) is 5.02. The van der Waals surface area contributed by atoms with E-state index in [1.807, 2.05) is 0 Å². The van der Waals surface area contributed by atoms with E-state index in [1.165, 1.54) is 14.0 Å². The Morgan fingerprint density at radius 3 is 2.38 bits per heavy atom. The second kappa shape index (κ2) is 4.45. The van der Waals surface area contributed by atoms with Crippen LogP contribution in [-0.4, -0.2) is 13.1 Å². The first kappa shape index (κ1) is 13.0. The fraction of sp³-hybridized carbons (Fsp3) is 0.300. The average Bonchev–Trinajstić information content (AvgIpc) is 2.18. The highest BCUT2D eigenvalue weighted by Gasteiger charge is 2.33. The van der Waals surface area contributed by atoms with E-state index in [2.05, 4.69) is 20.7 Å². The van der Waals surface area contributed by atoms with Gasteiger partial charge in [-0.2, -0.15) is 13.2 Å². The van der Waals surface area contributed by atoms with Crippen molar-refractivity contribution < 1.29 is 22.7 Å². The summed E-state index contributed by atoms with van der Waals surface area (Å²) in [6.07, 6.45) is -4.43. The van der Waals surface area contributed by atoms with Gasteiger partial charge in [-0.15, -0.1) is 0 Å². The molecule has 0 unspecified atom stereocenters. The maximum Gasteiger partial charge on any atom is 0.416 e. The standard InChI is InChI=1S/C10H8BrF3O2/c1-5-3-6(9(15)16-2)8(11)4-7(5)10(12,13)14/h3-4H,1-2H3. The van der Waals surface area contributed by atoms with Gasteiger partial charge in [-0.1, -0.05) is 0 Å². The molecule has 0 fully saturated rings. The molecule has 0 spiro atoms. The van der Waals surface area contributed by atoms with Crippen molar-refractivity contribution in [1.29, 1.82) is 0 Å². The number of rotatable bonds is 1. The molecule has 16 heavy (non-hydrogen) atoms. The van der Waals surface area contributed by atoms with Crippen molar-refractivity contribution in [3.63, 3.8) is 0 Å². The minimum atomic E-state index is -4.43. The number of esters is 1. The summed E-state index contributed by atoms with van der Waals surface area (Å²) in [5.74, 6) is -0.677. The Morgan fingerprint density at radius 2 is 1.94 bits per heavy atom. The molecule has 0 bridgehead atoms. The predicted octanol–water partition coefficient (Wildman–Crippen LogP) is 3.56. The molecule has 0 radical (unpaired) electrons. The van der Waals surface area contributed by atoms with Gasteiger partial charge >= 0.3 is 12.1 Å². The third-order valence-corrected chi connectivity index (χ3v) is 2.68. The number of benzene rings is 1. The molecule has 1 aromatic carbocycles. The second-order valence-corrected chi connectivity index (χ2v) is 3.99. The Kier molecular flexibility index (Phi) is 3.62. The number of ether oxygens (including phenoxy) is 1. The van der Waals surface area contributed by atoms with Crippen LogP contribution in [0.3, 0.4) is 0 Å². The van der Waals surface area contributed by atoms with Gasteiger partial charge in [0.15, 0.2) is 0 Å². The van der Waals surface area contributed by atoms with Crippen molar-refractivity contribution in [2.45, 2.75) is 13.1 Å². The number of carbonyl (C=O) groups is 1. The normalized spacial score (nSPS) is 11.4. The molecule has 0 atom stereocenters. The lowest BCUT2D eigenvalue weighted by molar-refractivity contribution is -0.138. The lowest BCUT2D eigenvalue weighted by atomic mass is 10.0. The van der Waals surface area contributed by atoms with Gasteiger partial charge in [0, 0.05) is 4.47 Å². The molecule has 0 N–H and O–H groups in total. The van der Waals surface area contributed by atoms with E-state index in [0.29, 0.717) is 0 Å². The Morgan fingerprint density at radius 1 is 1.38 bits per heavy atom. The summed E-state index contributed by atoms with van der Waals surface area (Å²) in [6, 6.07) is 2.03. The molecule has 0 aliphatic carbocycles. The molecule has 88 valence electrons. The molecule has 1 aromatic rings. The number of hydrogen-bond donors (Lipinski definition) is 0. The highest BCUT2D eigenvalue weighted by atomic mass is 79.9. The van der Waals surface area contributed by atoms with Gasteiger partial charge < -0.3 is 4.74 Å². The number of methoxy groups -OCH3 is 1. The minimum absolute atomic E-state index is 0.0175. The average molecular weight is 297 g/mol. The van der Waals surface area contributed by atoms with Crippen LogP contribution in [0.15, 0.2) is 16.6 Å². The van der Waals surface area contributed by atoms with E-state index in [-0.39, 0.29) is 15.6 Å². The van der Waals surface area contributed by atoms with Crippen LogP contribution in [0, 0.1) is 6.92 Å². The SMILES string of the molecule is COC(=O)c1cc(C)c(C(F)(F)F)cc1Br. The van der Waals surface area contributed by atoms with Crippen molar-refractivity contribution in [2.24, 2.45) is 0 Å². The van der Waals surface area contributed by atoms with Crippen LogP contribution in [0.1, 0.15) is 21.5 Å². The van der Waals surface area contributed by atoms with Crippen molar-refractivity contribution >= 4 is 21.9 Å². The lowest BCUT2D eigenvalue weighted by Gasteiger charge is -2.12. The zero-order chi connectivity index (χ0) is 12.5. The number of hydrogen-bond acceptors (Lipinski definition) is 2. The monoisotopic (exact) mass is 296 g/mol. The summed E-state index contributed by atoms with van der Waals surface area (Å²) in [5, 5.41) is 0. The Labute approximate surface area is 98.5 Å². The molecule has 0 saturated heterocycles. The smallest absolute Gasteiger partial charge is 0.416 e. The fourth-order valence-corrected chi connectivity index (χ4v) is 1.76. The molecule has 0 heterocycles. The summed E-state index contributed by atoms with van der Waals surface area (Å²) in [6.45, 7) is 1.29. The van der Waals surface area contributed by atoms with Crippen molar-refractivity contribution in [3.8, 4) is 0 Å². The molecule has 0 aliphatic rings. The first-order chi connectivity index (χ1) is 7.27. The summed E-state index contributed by atoms with van der Waals surface area (Å²) in [5.41, 5.74) is -0.712. The van der Waals surface area contributed by atoms with Crippen LogP contribution in [-0.2, 0) is 10.9 Å². The third-order valence-electron chi connectivity index (χ3n) is 2.02. The Balaban J connectivity index is 3.33. The Bertz CT molecular complexity index is 427. The van der Waals surface area contributed by atoms with E-state index in [0.717, 1.165) is 12.1 Å². The van der Waals surface area contributed by atoms with Crippen LogP contribution >= 0.6 is 15.9 Å². The number of carbonyl (C=O) groups excluding carboxylic acids is 1. The van der Waals surface area contributed by atoms with Gasteiger partial charge in [0.25, 0.3) is 0 Å². The van der Waals surface area contributed by atoms with Gasteiger partial charge in [-0.25, -0.2) is 4.79 Å². The van der Waals surface area contributed by atoms with E-state index in [1.54, 1.807) is 0 Å².